The highest BCUT2D eigenvalue weighted by Gasteiger charge is 2.21. The van der Waals surface area contributed by atoms with E-state index in [2.05, 4.69) is 32.3 Å². The van der Waals surface area contributed by atoms with Crippen LogP contribution in [-0.2, 0) is 6.42 Å². The van der Waals surface area contributed by atoms with Gasteiger partial charge in [0, 0.05) is 30.1 Å². The van der Waals surface area contributed by atoms with Crippen LogP contribution in [0.3, 0.4) is 0 Å². The van der Waals surface area contributed by atoms with Gasteiger partial charge in [0.2, 0.25) is 5.95 Å². The Balaban J connectivity index is 1.68. The molecule has 0 aliphatic carbocycles. The molecule has 0 amide bonds. The van der Waals surface area contributed by atoms with E-state index in [9.17, 15) is 8.78 Å². The fourth-order valence-electron chi connectivity index (χ4n) is 3.03. The van der Waals surface area contributed by atoms with E-state index in [0.717, 1.165) is 36.2 Å². The molecule has 0 unspecified atom stereocenters. The minimum Gasteiger partial charge on any atom is -0.326 e. The number of benzene rings is 2. The van der Waals surface area contributed by atoms with Crippen LogP contribution in [0.15, 0.2) is 48.5 Å². The summed E-state index contributed by atoms with van der Waals surface area (Å²) in [4.78, 5) is 10.9. The molecule has 0 bridgehead atoms. The summed E-state index contributed by atoms with van der Waals surface area (Å²) in [6, 6.07) is 13.4. The number of fused-ring (bicyclic) bond motifs is 1. The van der Waals surface area contributed by atoms with E-state index < -0.39 is 11.6 Å². The van der Waals surface area contributed by atoms with Crippen molar-refractivity contribution in [2.45, 2.75) is 13.3 Å². The third-order valence-electron chi connectivity index (χ3n) is 4.18. The van der Waals surface area contributed by atoms with Crippen molar-refractivity contribution >= 4 is 23.1 Å². The lowest BCUT2D eigenvalue weighted by Crippen LogP contribution is -2.16. The first kappa shape index (κ1) is 15.5. The number of aromatic nitrogens is 2. The van der Waals surface area contributed by atoms with E-state index in [1.165, 1.54) is 17.7 Å². The first-order valence-corrected chi connectivity index (χ1v) is 8.03. The van der Waals surface area contributed by atoms with Crippen molar-refractivity contribution in [3.8, 4) is 0 Å². The molecule has 2 heterocycles. The number of nitrogens with zero attached hydrogens (tertiary/aromatic N) is 3. The van der Waals surface area contributed by atoms with Crippen molar-refractivity contribution in [2.75, 3.05) is 16.8 Å². The average Bonchev–Trinajstić information content (AvgIpc) is 3.01. The van der Waals surface area contributed by atoms with Crippen LogP contribution in [0, 0.1) is 18.6 Å². The summed E-state index contributed by atoms with van der Waals surface area (Å²) >= 11 is 0. The Bertz CT molecular complexity index is 942. The lowest BCUT2D eigenvalue weighted by Gasteiger charge is -2.19. The minimum absolute atomic E-state index is 0.139. The minimum atomic E-state index is -0.682. The number of hydrogen-bond acceptors (Lipinski definition) is 4. The van der Waals surface area contributed by atoms with Gasteiger partial charge in [-0.3, -0.25) is 0 Å². The fourth-order valence-corrected chi connectivity index (χ4v) is 3.03. The molecule has 6 heteroatoms. The van der Waals surface area contributed by atoms with Gasteiger partial charge in [-0.1, -0.05) is 18.2 Å². The maximum atomic E-state index is 13.9. The van der Waals surface area contributed by atoms with Gasteiger partial charge < -0.3 is 10.2 Å². The second kappa shape index (κ2) is 6.12. The first-order chi connectivity index (χ1) is 12.1. The molecular weight excluding hydrogens is 322 g/mol. The summed E-state index contributed by atoms with van der Waals surface area (Å²) in [5.41, 5.74) is 3.30. The molecule has 4 nitrogen and oxygen atoms in total. The topological polar surface area (TPSA) is 41.1 Å². The molecule has 1 aromatic heterocycles. The van der Waals surface area contributed by atoms with E-state index in [-0.39, 0.29) is 11.6 Å². The van der Waals surface area contributed by atoms with E-state index in [1.54, 1.807) is 0 Å². The zero-order valence-corrected chi connectivity index (χ0v) is 13.6. The summed E-state index contributed by atoms with van der Waals surface area (Å²) in [6.07, 6.45) is 0.953. The third kappa shape index (κ3) is 3.03. The summed E-state index contributed by atoms with van der Waals surface area (Å²) in [5, 5.41) is 2.84. The van der Waals surface area contributed by atoms with Crippen molar-refractivity contribution in [1.29, 1.82) is 0 Å². The molecule has 1 N–H and O–H groups in total. The van der Waals surface area contributed by atoms with Gasteiger partial charge in [-0.15, -0.1) is 0 Å². The summed E-state index contributed by atoms with van der Waals surface area (Å²) in [7, 11) is 0. The van der Waals surface area contributed by atoms with Crippen LogP contribution < -0.4 is 10.2 Å². The third-order valence-corrected chi connectivity index (χ3v) is 4.18. The number of nitrogens with one attached hydrogen (secondary N) is 1. The molecule has 0 saturated heterocycles. The van der Waals surface area contributed by atoms with Crippen LogP contribution in [0.1, 0.15) is 11.3 Å². The van der Waals surface area contributed by atoms with Crippen LogP contribution in [0.4, 0.5) is 31.9 Å². The number of para-hydroxylation sites is 1. The Kier molecular flexibility index (Phi) is 3.80. The Labute approximate surface area is 144 Å². The van der Waals surface area contributed by atoms with Crippen LogP contribution in [-0.4, -0.2) is 16.5 Å². The first-order valence-electron chi connectivity index (χ1n) is 8.03. The quantitative estimate of drug-likeness (QED) is 0.763. The average molecular weight is 338 g/mol. The summed E-state index contributed by atoms with van der Waals surface area (Å²) in [5.74, 6) is -0.270. The zero-order chi connectivity index (χ0) is 17.4. The molecule has 0 spiro atoms. The molecule has 126 valence electrons. The van der Waals surface area contributed by atoms with Crippen molar-refractivity contribution < 1.29 is 8.78 Å². The molecule has 1 aliphatic rings. The molecule has 0 fully saturated rings. The lowest BCUT2D eigenvalue weighted by molar-refractivity contribution is 0.586. The van der Waals surface area contributed by atoms with Crippen LogP contribution >= 0.6 is 0 Å². The monoisotopic (exact) mass is 338 g/mol. The van der Waals surface area contributed by atoms with Gasteiger partial charge in [0.05, 0.1) is 5.69 Å². The van der Waals surface area contributed by atoms with Crippen molar-refractivity contribution in [3.63, 3.8) is 0 Å². The van der Waals surface area contributed by atoms with Gasteiger partial charge >= 0.3 is 0 Å². The molecule has 4 rings (SSSR count). The van der Waals surface area contributed by atoms with Crippen LogP contribution in [0.25, 0.3) is 0 Å². The van der Waals surface area contributed by atoms with Gasteiger partial charge in [-0.25, -0.2) is 13.8 Å². The van der Waals surface area contributed by atoms with Crippen molar-refractivity contribution in [2.24, 2.45) is 0 Å². The van der Waals surface area contributed by atoms with Crippen LogP contribution in [0.5, 0.6) is 0 Å². The molecule has 0 radical (unpaired) electrons. The van der Waals surface area contributed by atoms with E-state index in [4.69, 9.17) is 0 Å². The van der Waals surface area contributed by atoms with Gasteiger partial charge in [-0.05, 0) is 37.1 Å². The summed E-state index contributed by atoms with van der Waals surface area (Å²) in [6.45, 7) is 2.69. The SMILES string of the molecule is Cc1cc(N2CCc3ccccc32)nc(Nc2ccc(F)cc2F)n1. The Morgan fingerprint density at radius 1 is 1.04 bits per heavy atom. The van der Waals surface area contributed by atoms with Crippen LogP contribution in [0.2, 0.25) is 0 Å². The zero-order valence-electron chi connectivity index (χ0n) is 13.6. The van der Waals surface area contributed by atoms with Gasteiger partial charge in [0.25, 0.3) is 0 Å². The lowest BCUT2D eigenvalue weighted by atomic mass is 10.2. The second-order valence-electron chi connectivity index (χ2n) is 5.97. The second-order valence-corrected chi connectivity index (χ2v) is 5.97. The molecule has 1 aliphatic heterocycles. The van der Waals surface area contributed by atoms with Gasteiger partial charge in [-0.2, -0.15) is 4.98 Å². The van der Waals surface area contributed by atoms with Gasteiger partial charge in [0.15, 0.2) is 0 Å². The van der Waals surface area contributed by atoms with Gasteiger partial charge in [0.1, 0.15) is 17.5 Å². The fraction of sp³-hybridized carbons (Fsp3) is 0.158. The highest BCUT2D eigenvalue weighted by molar-refractivity contribution is 5.68. The molecule has 3 aromatic rings. The molecular formula is C19H16F2N4. The number of anilines is 4. The predicted octanol–water partition coefficient (Wildman–Crippen LogP) is 4.50. The smallest absolute Gasteiger partial charge is 0.229 e. The standard InChI is InChI=1S/C19H16F2N4/c1-12-10-18(25-9-8-13-4-2-3-5-17(13)25)24-19(22-12)23-16-7-6-14(20)11-15(16)21/h2-7,10-11H,8-9H2,1H3,(H,22,23,24). The Morgan fingerprint density at radius 2 is 1.88 bits per heavy atom. The number of rotatable bonds is 3. The maximum absolute atomic E-state index is 13.9. The molecule has 0 saturated carbocycles. The Morgan fingerprint density at radius 3 is 2.72 bits per heavy atom. The normalized spacial score (nSPS) is 13.0. The molecule has 25 heavy (non-hydrogen) atoms. The predicted molar refractivity (Wildman–Crippen MR) is 93.6 cm³/mol. The van der Waals surface area contributed by atoms with Crippen molar-refractivity contribution in [1.82, 2.24) is 9.97 Å². The van der Waals surface area contributed by atoms with E-state index in [1.807, 2.05) is 25.1 Å². The van der Waals surface area contributed by atoms with E-state index in [0.29, 0.717) is 0 Å². The van der Waals surface area contributed by atoms with E-state index >= 15 is 0 Å². The largest absolute Gasteiger partial charge is 0.326 e. The maximum Gasteiger partial charge on any atom is 0.229 e. The number of hydrogen-bond donors (Lipinski definition) is 1. The van der Waals surface area contributed by atoms with Crippen molar-refractivity contribution in [3.05, 3.63) is 71.4 Å². The summed E-state index contributed by atoms with van der Waals surface area (Å²) < 4.78 is 26.9. The number of aryl methyl sites for hydroxylation is 1. The number of halogens is 2. The Hall–Kier alpha value is -3.02. The highest BCUT2D eigenvalue weighted by Crippen LogP contribution is 2.34. The molecule has 2 aromatic carbocycles. The molecule has 0 atom stereocenters. The highest BCUT2D eigenvalue weighted by atomic mass is 19.1.